The van der Waals surface area contributed by atoms with Crippen LogP contribution >= 0.6 is 11.6 Å². The van der Waals surface area contributed by atoms with Gasteiger partial charge in [0.05, 0.1) is 5.56 Å². The monoisotopic (exact) mass is 380 g/mol. The van der Waals surface area contributed by atoms with Crippen molar-refractivity contribution >= 4 is 29.4 Å². The third-order valence-corrected chi connectivity index (χ3v) is 4.00. The van der Waals surface area contributed by atoms with Crippen molar-refractivity contribution < 1.29 is 18.7 Å². The van der Waals surface area contributed by atoms with Crippen LogP contribution in [0.3, 0.4) is 0 Å². The van der Waals surface area contributed by atoms with Crippen molar-refractivity contribution in [2.45, 2.75) is 0 Å². The highest BCUT2D eigenvalue weighted by Gasteiger charge is 2.09. The highest BCUT2D eigenvalue weighted by molar-refractivity contribution is 6.30. The average molecular weight is 381 g/mol. The molecule has 0 spiro atoms. The van der Waals surface area contributed by atoms with Gasteiger partial charge in [0.25, 0.3) is 0 Å². The van der Waals surface area contributed by atoms with Crippen LogP contribution in [0, 0.1) is 5.82 Å². The van der Waals surface area contributed by atoms with Gasteiger partial charge in [-0.2, -0.15) is 0 Å². The van der Waals surface area contributed by atoms with Gasteiger partial charge >= 0.3 is 5.97 Å². The largest absolute Gasteiger partial charge is 0.423 e. The van der Waals surface area contributed by atoms with Gasteiger partial charge in [-0.1, -0.05) is 29.8 Å². The second kappa shape index (κ2) is 8.43. The zero-order valence-corrected chi connectivity index (χ0v) is 14.8. The molecule has 3 nitrogen and oxygen atoms in total. The van der Waals surface area contributed by atoms with Crippen LogP contribution in [-0.2, 0) is 0 Å². The van der Waals surface area contributed by atoms with Crippen LogP contribution in [0.5, 0.6) is 5.75 Å². The highest BCUT2D eigenvalue weighted by Crippen LogP contribution is 2.17. The molecule has 3 rings (SSSR count). The maximum absolute atomic E-state index is 13.6. The Hall–Kier alpha value is -3.24. The standard InChI is InChI=1S/C22H14ClFO3/c23-18-10-5-17(6-11-18)22(26)27-19-12-7-16(8-13-19)21(25)14-9-15-3-1-2-4-20(15)24/h1-14H. The normalized spacial score (nSPS) is 10.7. The number of esters is 1. The number of rotatable bonds is 5. The van der Waals surface area contributed by atoms with Gasteiger partial charge in [-0.25, -0.2) is 9.18 Å². The number of ketones is 1. The minimum absolute atomic E-state index is 0.283. The van der Waals surface area contributed by atoms with Gasteiger partial charge in [0, 0.05) is 16.1 Å². The topological polar surface area (TPSA) is 43.4 Å². The molecule has 0 amide bonds. The molecule has 0 bridgehead atoms. The molecule has 0 aromatic heterocycles. The summed E-state index contributed by atoms with van der Waals surface area (Å²) in [5.74, 6) is -0.894. The number of hydrogen-bond donors (Lipinski definition) is 0. The lowest BCUT2D eigenvalue weighted by atomic mass is 10.1. The van der Waals surface area contributed by atoms with Crippen molar-refractivity contribution in [1.82, 2.24) is 0 Å². The maximum atomic E-state index is 13.6. The predicted octanol–water partition coefficient (Wildman–Crippen LogP) is 5.59. The predicted molar refractivity (Wildman–Crippen MR) is 103 cm³/mol. The van der Waals surface area contributed by atoms with Crippen molar-refractivity contribution in [1.29, 1.82) is 0 Å². The fraction of sp³-hybridized carbons (Fsp3) is 0. The summed E-state index contributed by atoms with van der Waals surface area (Å²) in [5.41, 5.74) is 1.10. The molecule has 0 N–H and O–H groups in total. The van der Waals surface area contributed by atoms with Gasteiger partial charge in [0.2, 0.25) is 0 Å². The first-order valence-corrected chi connectivity index (χ1v) is 8.45. The molecule has 3 aromatic carbocycles. The van der Waals surface area contributed by atoms with Gasteiger partial charge in [-0.3, -0.25) is 4.79 Å². The molecule has 0 fully saturated rings. The summed E-state index contributed by atoms with van der Waals surface area (Å²) < 4.78 is 18.8. The summed E-state index contributed by atoms with van der Waals surface area (Å²) in [6, 6.07) is 18.6. The zero-order valence-electron chi connectivity index (χ0n) is 14.1. The highest BCUT2D eigenvalue weighted by atomic mass is 35.5. The van der Waals surface area contributed by atoms with Crippen molar-refractivity contribution in [3.8, 4) is 5.75 Å². The lowest BCUT2D eigenvalue weighted by Gasteiger charge is -2.05. The first-order chi connectivity index (χ1) is 13.0. The average Bonchev–Trinajstić information content (AvgIpc) is 2.68. The zero-order chi connectivity index (χ0) is 19.2. The molecule has 5 heteroatoms. The van der Waals surface area contributed by atoms with Crippen LogP contribution in [0.4, 0.5) is 4.39 Å². The number of ether oxygens (including phenoxy) is 1. The van der Waals surface area contributed by atoms with E-state index in [9.17, 15) is 14.0 Å². The lowest BCUT2D eigenvalue weighted by molar-refractivity contribution is 0.0734. The van der Waals surface area contributed by atoms with Crippen LogP contribution in [0.15, 0.2) is 78.9 Å². The van der Waals surface area contributed by atoms with E-state index in [4.69, 9.17) is 16.3 Å². The summed E-state index contributed by atoms with van der Waals surface area (Å²) in [5, 5.41) is 0.526. The molecule has 0 aliphatic heterocycles. The summed E-state index contributed by atoms with van der Waals surface area (Å²) in [6.45, 7) is 0. The third-order valence-electron chi connectivity index (χ3n) is 3.75. The molecule has 0 heterocycles. The van der Waals surface area contributed by atoms with Gasteiger partial charge in [-0.05, 0) is 66.7 Å². The molecular formula is C22H14ClFO3. The molecular weight excluding hydrogens is 367 g/mol. The lowest BCUT2D eigenvalue weighted by Crippen LogP contribution is -2.08. The van der Waals surface area contributed by atoms with Crippen molar-refractivity contribution in [3.05, 3.63) is 106 Å². The molecule has 27 heavy (non-hydrogen) atoms. The van der Waals surface area contributed by atoms with Crippen molar-refractivity contribution in [3.63, 3.8) is 0 Å². The Bertz CT molecular complexity index is 993. The first kappa shape index (κ1) is 18.5. The van der Waals surface area contributed by atoms with E-state index in [0.29, 0.717) is 27.5 Å². The number of carbonyl (C=O) groups is 2. The number of halogens is 2. The molecule has 3 aromatic rings. The summed E-state index contributed by atoms with van der Waals surface area (Å²) >= 11 is 5.79. The van der Waals surface area contributed by atoms with Gasteiger partial charge in [0.1, 0.15) is 11.6 Å². The molecule has 0 saturated heterocycles. The maximum Gasteiger partial charge on any atom is 0.343 e. The van der Waals surface area contributed by atoms with Gasteiger partial charge < -0.3 is 4.74 Å². The Morgan fingerprint density at radius 2 is 1.48 bits per heavy atom. The van der Waals surface area contributed by atoms with E-state index < -0.39 is 11.8 Å². The number of allylic oxidation sites excluding steroid dienone is 1. The minimum atomic E-state index is -0.523. The molecule has 0 unspecified atom stereocenters. The Morgan fingerprint density at radius 3 is 2.15 bits per heavy atom. The molecule has 0 aliphatic carbocycles. The molecule has 0 radical (unpaired) electrons. The van der Waals surface area contributed by atoms with E-state index in [-0.39, 0.29) is 5.78 Å². The fourth-order valence-electron chi connectivity index (χ4n) is 2.31. The van der Waals surface area contributed by atoms with Crippen LogP contribution in [0.25, 0.3) is 6.08 Å². The smallest absolute Gasteiger partial charge is 0.343 e. The van der Waals surface area contributed by atoms with Crippen LogP contribution in [0.2, 0.25) is 5.02 Å². The minimum Gasteiger partial charge on any atom is -0.423 e. The van der Waals surface area contributed by atoms with E-state index in [1.54, 1.807) is 54.6 Å². The first-order valence-electron chi connectivity index (χ1n) is 8.08. The van der Waals surface area contributed by atoms with Gasteiger partial charge in [0.15, 0.2) is 5.78 Å². The molecule has 0 atom stereocenters. The number of benzene rings is 3. The van der Waals surface area contributed by atoms with Gasteiger partial charge in [-0.15, -0.1) is 0 Å². The summed E-state index contributed by atoms with van der Waals surface area (Å²) in [4.78, 5) is 24.2. The second-order valence-electron chi connectivity index (χ2n) is 5.64. The van der Waals surface area contributed by atoms with Crippen molar-refractivity contribution in [2.24, 2.45) is 0 Å². The summed E-state index contributed by atoms with van der Waals surface area (Å²) in [7, 11) is 0. The van der Waals surface area contributed by atoms with E-state index >= 15 is 0 Å². The van der Waals surface area contributed by atoms with Crippen molar-refractivity contribution in [2.75, 3.05) is 0 Å². The number of hydrogen-bond acceptors (Lipinski definition) is 3. The molecule has 0 saturated carbocycles. The van der Waals surface area contributed by atoms with E-state index in [1.165, 1.54) is 30.4 Å². The van der Waals surface area contributed by atoms with E-state index in [0.717, 1.165) is 0 Å². The third kappa shape index (κ3) is 4.90. The van der Waals surface area contributed by atoms with E-state index in [1.807, 2.05) is 0 Å². The summed E-state index contributed by atoms with van der Waals surface area (Å²) in [6.07, 6.45) is 2.72. The Morgan fingerprint density at radius 1 is 0.852 bits per heavy atom. The number of carbonyl (C=O) groups excluding carboxylic acids is 2. The Labute approximate surface area is 160 Å². The SMILES string of the molecule is O=C(C=Cc1ccccc1F)c1ccc(OC(=O)c2ccc(Cl)cc2)cc1. The van der Waals surface area contributed by atoms with Crippen LogP contribution in [0.1, 0.15) is 26.3 Å². The van der Waals surface area contributed by atoms with Crippen LogP contribution in [-0.4, -0.2) is 11.8 Å². The molecule has 134 valence electrons. The Kier molecular flexibility index (Phi) is 5.79. The quantitative estimate of drug-likeness (QED) is 0.250. The Balaban J connectivity index is 1.66. The molecule has 0 aliphatic rings. The van der Waals surface area contributed by atoms with Crippen LogP contribution < -0.4 is 4.74 Å². The second-order valence-corrected chi connectivity index (χ2v) is 6.08. The fourth-order valence-corrected chi connectivity index (χ4v) is 2.44. The van der Waals surface area contributed by atoms with E-state index in [2.05, 4.69) is 0 Å².